The smallest absolute Gasteiger partial charge is 0.336 e. The Bertz CT molecular complexity index is 727. The Hall–Kier alpha value is -2.20. The lowest BCUT2D eigenvalue weighted by Crippen LogP contribution is -2.28. The number of rotatable bonds is 5. The van der Waals surface area contributed by atoms with Gasteiger partial charge in [-0.3, -0.25) is 4.98 Å². The van der Waals surface area contributed by atoms with E-state index in [-0.39, 0.29) is 0 Å². The number of aromatic nitrogens is 1. The average molecular weight is 324 g/mol. The molecule has 126 valence electrons. The molecule has 4 nitrogen and oxygen atoms in total. The number of carboxylic acids is 1. The van der Waals surface area contributed by atoms with Crippen molar-refractivity contribution in [1.82, 2.24) is 9.88 Å². The van der Waals surface area contributed by atoms with Crippen LogP contribution in [-0.2, 0) is 6.42 Å². The van der Waals surface area contributed by atoms with Gasteiger partial charge in [0.1, 0.15) is 0 Å². The maximum absolute atomic E-state index is 11.5. The molecular weight excluding hydrogens is 300 g/mol. The Morgan fingerprint density at radius 3 is 2.79 bits per heavy atom. The first-order valence-electron chi connectivity index (χ1n) is 8.57. The molecule has 0 saturated carbocycles. The number of likely N-dealkylation sites (tertiary alicyclic amines) is 1. The Kier molecular flexibility index (Phi) is 4.95. The van der Waals surface area contributed by atoms with E-state index in [9.17, 15) is 9.90 Å². The van der Waals surface area contributed by atoms with Gasteiger partial charge in [-0.25, -0.2) is 4.79 Å². The molecule has 1 aliphatic heterocycles. The fourth-order valence-corrected chi connectivity index (χ4v) is 3.53. The van der Waals surface area contributed by atoms with Crippen molar-refractivity contribution in [2.24, 2.45) is 5.92 Å². The minimum absolute atomic E-state index is 0.313. The van der Waals surface area contributed by atoms with E-state index in [4.69, 9.17) is 0 Å². The van der Waals surface area contributed by atoms with E-state index in [1.807, 2.05) is 18.2 Å². The molecule has 1 aliphatic rings. The third-order valence-corrected chi connectivity index (χ3v) is 4.86. The van der Waals surface area contributed by atoms with Gasteiger partial charge in [-0.15, -0.1) is 0 Å². The molecule has 1 fully saturated rings. The Balaban J connectivity index is 1.89. The highest BCUT2D eigenvalue weighted by molar-refractivity contribution is 5.95. The normalized spacial score (nSPS) is 18.2. The van der Waals surface area contributed by atoms with Crippen LogP contribution >= 0.6 is 0 Å². The summed E-state index contributed by atoms with van der Waals surface area (Å²) in [5.41, 5.74) is 2.97. The Morgan fingerprint density at radius 1 is 1.29 bits per heavy atom. The van der Waals surface area contributed by atoms with Crippen molar-refractivity contribution in [3.63, 3.8) is 0 Å². The summed E-state index contributed by atoms with van der Waals surface area (Å²) in [6.07, 6.45) is 3.87. The van der Waals surface area contributed by atoms with Crippen LogP contribution in [0.5, 0.6) is 0 Å². The first-order valence-corrected chi connectivity index (χ1v) is 8.57. The van der Waals surface area contributed by atoms with Crippen LogP contribution in [0.4, 0.5) is 0 Å². The molecule has 0 radical (unpaired) electrons. The van der Waals surface area contributed by atoms with E-state index in [0.29, 0.717) is 23.1 Å². The number of aromatic carboxylic acids is 1. The summed E-state index contributed by atoms with van der Waals surface area (Å²) < 4.78 is 0. The molecule has 0 aliphatic carbocycles. The van der Waals surface area contributed by atoms with E-state index in [0.717, 1.165) is 30.8 Å². The van der Waals surface area contributed by atoms with Crippen LogP contribution < -0.4 is 0 Å². The lowest BCUT2D eigenvalue weighted by atomic mass is 9.93. The van der Waals surface area contributed by atoms with E-state index in [1.165, 1.54) is 6.42 Å². The molecule has 2 aromatic rings. The van der Waals surface area contributed by atoms with Crippen LogP contribution in [0.2, 0.25) is 0 Å². The number of benzene rings is 1. The fourth-order valence-electron chi connectivity index (χ4n) is 3.53. The van der Waals surface area contributed by atoms with Gasteiger partial charge in [-0.05, 0) is 56.8 Å². The highest BCUT2D eigenvalue weighted by atomic mass is 16.4. The second kappa shape index (κ2) is 7.14. The lowest BCUT2D eigenvalue weighted by Gasteiger charge is -2.20. The number of carbonyl (C=O) groups is 1. The summed E-state index contributed by atoms with van der Waals surface area (Å²) in [6, 6.07) is 11.7. The lowest BCUT2D eigenvalue weighted by molar-refractivity contribution is 0.0697. The van der Waals surface area contributed by atoms with E-state index >= 15 is 0 Å². The van der Waals surface area contributed by atoms with Crippen LogP contribution in [0, 0.1) is 5.92 Å². The Labute approximate surface area is 143 Å². The summed E-state index contributed by atoms with van der Waals surface area (Å²) in [5.74, 6) is -0.304. The largest absolute Gasteiger partial charge is 0.478 e. The van der Waals surface area contributed by atoms with Gasteiger partial charge in [0.15, 0.2) is 0 Å². The first kappa shape index (κ1) is 16.7. The second-order valence-corrected chi connectivity index (χ2v) is 6.81. The number of nitrogens with zero attached hydrogens (tertiary/aromatic N) is 2. The maximum Gasteiger partial charge on any atom is 0.336 e. The van der Waals surface area contributed by atoms with Gasteiger partial charge in [0.25, 0.3) is 0 Å². The van der Waals surface area contributed by atoms with Crippen molar-refractivity contribution in [3.8, 4) is 11.3 Å². The Morgan fingerprint density at radius 2 is 2.08 bits per heavy atom. The molecule has 0 spiro atoms. The first-order chi connectivity index (χ1) is 11.6. The predicted octanol–water partition coefficient (Wildman–Crippen LogP) is 3.72. The summed E-state index contributed by atoms with van der Waals surface area (Å²) in [7, 11) is 0. The average Bonchev–Trinajstić information content (AvgIpc) is 3.04. The summed E-state index contributed by atoms with van der Waals surface area (Å²) >= 11 is 0. The number of carboxylic acid groups (broad SMARTS) is 1. The monoisotopic (exact) mass is 324 g/mol. The van der Waals surface area contributed by atoms with Crippen molar-refractivity contribution >= 4 is 5.97 Å². The SMILES string of the molecule is CC(C)N1CC[C@@H](Cc2cccnc2-c2ccccc2C(=O)O)C1. The van der Waals surface area contributed by atoms with Crippen LogP contribution in [0.3, 0.4) is 0 Å². The number of pyridine rings is 1. The van der Waals surface area contributed by atoms with E-state index < -0.39 is 5.97 Å². The fraction of sp³-hybridized carbons (Fsp3) is 0.400. The van der Waals surface area contributed by atoms with Crippen LogP contribution in [0.25, 0.3) is 11.3 Å². The molecule has 1 N–H and O–H groups in total. The standard InChI is InChI=1S/C20H24N2O2/c1-14(2)22-11-9-15(13-22)12-16-6-5-10-21-19(16)17-7-3-4-8-18(17)20(23)24/h3-8,10,14-15H,9,11-13H2,1-2H3,(H,23,24)/t15-/m0/s1. The topological polar surface area (TPSA) is 53.4 Å². The van der Waals surface area contributed by atoms with Gasteiger partial charge < -0.3 is 10.0 Å². The molecule has 24 heavy (non-hydrogen) atoms. The quantitative estimate of drug-likeness (QED) is 0.911. The third-order valence-electron chi connectivity index (χ3n) is 4.86. The summed E-state index contributed by atoms with van der Waals surface area (Å²) in [4.78, 5) is 18.6. The van der Waals surface area contributed by atoms with Crippen LogP contribution in [-0.4, -0.2) is 40.1 Å². The van der Waals surface area contributed by atoms with Crippen molar-refractivity contribution in [1.29, 1.82) is 0 Å². The van der Waals surface area contributed by atoms with Gasteiger partial charge in [0.2, 0.25) is 0 Å². The molecule has 0 amide bonds. The van der Waals surface area contributed by atoms with Crippen molar-refractivity contribution in [2.75, 3.05) is 13.1 Å². The molecule has 4 heteroatoms. The zero-order valence-corrected chi connectivity index (χ0v) is 14.3. The summed E-state index contributed by atoms with van der Waals surface area (Å²) in [5, 5.41) is 9.46. The molecule has 1 aromatic carbocycles. The zero-order chi connectivity index (χ0) is 17.1. The molecule has 2 heterocycles. The highest BCUT2D eigenvalue weighted by Gasteiger charge is 2.25. The van der Waals surface area contributed by atoms with Crippen molar-refractivity contribution in [2.45, 2.75) is 32.7 Å². The van der Waals surface area contributed by atoms with Crippen LogP contribution in [0.15, 0.2) is 42.6 Å². The molecule has 1 atom stereocenters. The molecular formula is C20H24N2O2. The minimum Gasteiger partial charge on any atom is -0.478 e. The van der Waals surface area contributed by atoms with Gasteiger partial charge in [0, 0.05) is 24.3 Å². The van der Waals surface area contributed by atoms with Gasteiger partial charge in [0.05, 0.1) is 11.3 Å². The van der Waals surface area contributed by atoms with Gasteiger partial charge in [-0.2, -0.15) is 0 Å². The molecule has 1 aromatic heterocycles. The minimum atomic E-state index is -0.908. The zero-order valence-electron chi connectivity index (χ0n) is 14.3. The van der Waals surface area contributed by atoms with Crippen molar-refractivity contribution in [3.05, 3.63) is 53.7 Å². The van der Waals surface area contributed by atoms with E-state index in [2.05, 4.69) is 29.8 Å². The molecule has 3 rings (SSSR count). The number of hydrogen-bond donors (Lipinski definition) is 1. The molecule has 0 unspecified atom stereocenters. The number of hydrogen-bond acceptors (Lipinski definition) is 3. The summed E-state index contributed by atoms with van der Waals surface area (Å²) in [6.45, 7) is 6.72. The third kappa shape index (κ3) is 3.49. The van der Waals surface area contributed by atoms with E-state index in [1.54, 1.807) is 18.3 Å². The van der Waals surface area contributed by atoms with Gasteiger partial charge >= 0.3 is 5.97 Å². The van der Waals surface area contributed by atoms with Crippen molar-refractivity contribution < 1.29 is 9.90 Å². The highest BCUT2D eigenvalue weighted by Crippen LogP contribution is 2.29. The maximum atomic E-state index is 11.5. The van der Waals surface area contributed by atoms with Gasteiger partial charge in [-0.1, -0.05) is 24.3 Å². The van der Waals surface area contributed by atoms with Crippen LogP contribution in [0.1, 0.15) is 36.2 Å². The molecule has 1 saturated heterocycles. The molecule has 0 bridgehead atoms. The second-order valence-electron chi connectivity index (χ2n) is 6.81. The predicted molar refractivity (Wildman–Crippen MR) is 95.2 cm³/mol.